The topological polar surface area (TPSA) is 180 Å². The van der Waals surface area contributed by atoms with E-state index in [1.165, 1.54) is 11.8 Å². The van der Waals surface area contributed by atoms with Gasteiger partial charge in [0.15, 0.2) is 0 Å². The molecule has 1 saturated heterocycles. The number of primary amides is 1. The van der Waals surface area contributed by atoms with Crippen molar-refractivity contribution < 1.29 is 28.8 Å². The van der Waals surface area contributed by atoms with Crippen molar-refractivity contribution in [3.05, 3.63) is 35.9 Å². The molecule has 2 rings (SSSR count). The third-order valence-corrected chi connectivity index (χ3v) is 7.30. The molecule has 6 N–H and O–H groups in total. The maximum Gasteiger partial charge on any atom is 0.246 e. The first kappa shape index (κ1) is 33.2. The summed E-state index contributed by atoms with van der Waals surface area (Å²) in [5.41, 5.74) is 6.28. The average Bonchev–Trinajstić information content (AvgIpc) is 3.42. The van der Waals surface area contributed by atoms with Crippen LogP contribution < -0.4 is 27.0 Å². The summed E-state index contributed by atoms with van der Waals surface area (Å²) in [6.45, 7) is 8.44. The summed E-state index contributed by atoms with van der Waals surface area (Å²) in [6.07, 6.45) is 1.87. The van der Waals surface area contributed by atoms with E-state index in [1.54, 1.807) is 20.8 Å². The molecule has 41 heavy (non-hydrogen) atoms. The smallest absolute Gasteiger partial charge is 0.246 e. The van der Waals surface area contributed by atoms with Crippen molar-refractivity contribution in [2.45, 2.75) is 84.5 Å². The highest BCUT2D eigenvalue weighted by Gasteiger charge is 2.38. The number of likely N-dealkylation sites (tertiary alicyclic amines) is 1. The predicted octanol–water partition coefficient (Wildman–Crippen LogP) is -0.00200. The summed E-state index contributed by atoms with van der Waals surface area (Å²) in [7, 11) is 0. The summed E-state index contributed by atoms with van der Waals surface area (Å²) in [4.78, 5) is 77.2. The Bertz CT molecular complexity index is 1090. The Kier molecular flexibility index (Phi) is 12.8. The van der Waals surface area contributed by atoms with Gasteiger partial charge in [-0.1, -0.05) is 64.4 Å². The molecule has 6 amide bonds. The first-order valence-electron chi connectivity index (χ1n) is 14.1. The molecule has 0 unspecified atom stereocenters. The fourth-order valence-corrected chi connectivity index (χ4v) is 4.82. The monoisotopic (exact) mass is 572 g/mol. The van der Waals surface area contributed by atoms with Crippen LogP contribution in [0.4, 0.5) is 0 Å². The Labute approximate surface area is 241 Å². The second kappa shape index (κ2) is 15.7. The minimum absolute atomic E-state index is 0.237. The van der Waals surface area contributed by atoms with E-state index in [-0.39, 0.29) is 30.1 Å². The van der Waals surface area contributed by atoms with Crippen molar-refractivity contribution in [1.82, 2.24) is 26.2 Å². The lowest BCUT2D eigenvalue weighted by atomic mass is 9.96. The van der Waals surface area contributed by atoms with E-state index < -0.39 is 54.3 Å². The molecule has 0 bridgehead atoms. The van der Waals surface area contributed by atoms with E-state index in [9.17, 15) is 28.8 Å². The van der Waals surface area contributed by atoms with E-state index in [1.807, 2.05) is 37.3 Å². The number of nitrogens with zero attached hydrogens (tertiary/aromatic N) is 1. The van der Waals surface area contributed by atoms with Crippen LogP contribution in [0, 0.1) is 11.8 Å². The highest BCUT2D eigenvalue weighted by molar-refractivity contribution is 5.95. The maximum absolute atomic E-state index is 13.4. The van der Waals surface area contributed by atoms with Gasteiger partial charge in [-0.05, 0) is 30.2 Å². The summed E-state index contributed by atoms with van der Waals surface area (Å²) in [5.74, 6) is -3.50. The van der Waals surface area contributed by atoms with Gasteiger partial charge >= 0.3 is 0 Å². The molecule has 0 aromatic heterocycles. The second-order valence-electron chi connectivity index (χ2n) is 10.9. The SMILES string of the molecule is CC[C@H](C)[C@H](NC(=O)CNC(=O)[C@@H]1CCCN1C(=O)[C@H](Cc1ccccc1)NC(C)=O)C(=O)N[C@H](C(N)=O)C(C)C. The Morgan fingerprint density at radius 3 is 2.20 bits per heavy atom. The molecule has 5 atom stereocenters. The third-order valence-electron chi connectivity index (χ3n) is 7.30. The number of amides is 6. The zero-order valence-electron chi connectivity index (χ0n) is 24.6. The molecular formula is C29H44N6O6. The number of hydrogen-bond acceptors (Lipinski definition) is 6. The van der Waals surface area contributed by atoms with Gasteiger partial charge in [0.05, 0.1) is 6.54 Å². The number of rotatable bonds is 14. The molecule has 1 heterocycles. The van der Waals surface area contributed by atoms with E-state index >= 15 is 0 Å². The van der Waals surface area contributed by atoms with Gasteiger partial charge in [0, 0.05) is 19.9 Å². The van der Waals surface area contributed by atoms with Crippen LogP contribution in [-0.4, -0.2) is 77.6 Å². The molecule has 0 radical (unpaired) electrons. The minimum atomic E-state index is -0.939. The van der Waals surface area contributed by atoms with Crippen LogP contribution in [0.1, 0.15) is 59.4 Å². The van der Waals surface area contributed by atoms with Gasteiger partial charge in [0.2, 0.25) is 35.4 Å². The fourth-order valence-electron chi connectivity index (χ4n) is 4.82. The van der Waals surface area contributed by atoms with Gasteiger partial charge in [0.25, 0.3) is 0 Å². The average molecular weight is 573 g/mol. The summed E-state index contributed by atoms with van der Waals surface area (Å²) in [6, 6.07) is 5.81. The number of nitrogens with one attached hydrogen (secondary N) is 4. The molecule has 1 aliphatic rings. The van der Waals surface area contributed by atoms with Gasteiger partial charge in [-0.3, -0.25) is 28.8 Å². The molecule has 0 spiro atoms. The molecule has 1 aliphatic heterocycles. The van der Waals surface area contributed by atoms with Gasteiger partial charge in [-0.25, -0.2) is 0 Å². The van der Waals surface area contributed by atoms with Gasteiger partial charge in [-0.15, -0.1) is 0 Å². The van der Waals surface area contributed by atoms with Gasteiger partial charge < -0.3 is 31.9 Å². The lowest BCUT2D eigenvalue weighted by Crippen LogP contribution is -2.58. The van der Waals surface area contributed by atoms with Gasteiger partial charge in [0.1, 0.15) is 24.2 Å². The van der Waals surface area contributed by atoms with Crippen LogP contribution in [0.3, 0.4) is 0 Å². The van der Waals surface area contributed by atoms with Crippen molar-refractivity contribution in [2.75, 3.05) is 13.1 Å². The first-order chi connectivity index (χ1) is 19.3. The van der Waals surface area contributed by atoms with Crippen molar-refractivity contribution in [1.29, 1.82) is 0 Å². The van der Waals surface area contributed by atoms with Crippen LogP contribution in [0.5, 0.6) is 0 Å². The molecule has 12 heteroatoms. The number of hydrogen-bond donors (Lipinski definition) is 5. The molecule has 12 nitrogen and oxygen atoms in total. The first-order valence-corrected chi connectivity index (χ1v) is 14.1. The summed E-state index contributed by atoms with van der Waals surface area (Å²) < 4.78 is 0. The van der Waals surface area contributed by atoms with Crippen molar-refractivity contribution in [3.63, 3.8) is 0 Å². The van der Waals surface area contributed by atoms with Crippen LogP contribution in [-0.2, 0) is 35.2 Å². The molecule has 1 aromatic carbocycles. The fraction of sp³-hybridized carbons (Fsp3) is 0.586. The Morgan fingerprint density at radius 2 is 1.63 bits per heavy atom. The second-order valence-corrected chi connectivity index (χ2v) is 10.9. The van der Waals surface area contributed by atoms with Crippen LogP contribution in [0.15, 0.2) is 30.3 Å². The molecule has 226 valence electrons. The predicted molar refractivity (Wildman–Crippen MR) is 153 cm³/mol. The normalized spacial score (nSPS) is 17.6. The number of benzene rings is 1. The van der Waals surface area contributed by atoms with Crippen LogP contribution in [0.25, 0.3) is 0 Å². The van der Waals surface area contributed by atoms with Crippen molar-refractivity contribution in [2.24, 2.45) is 17.6 Å². The number of carbonyl (C=O) groups excluding carboxylic acids is 6. The van der Waals surface area contributed by atoms with Crippen molar-refractivity contribution in [3.8, 4) is 0 Å². The molecule has 0 aliphatic carbocycles. The van der Waals surface area contributed by atoms with Gasteiger partial charge in [-0.2, -0.15) is 0 Å². The zero-order chi connectivity index (χ0) is 30.7. The number of carbonyl (C=O) groups is 6. The maximum atomic E-state index is 13.4. The largest absolute Gasteiger partial charge is 0.368 e. The zero-order valence-corrected chi connectivity index (χ0v) is 24.6. The standard InChI is InChI=1S/C29H44N6O6/c1-6-18(4)25(28(40)34-24(17(2)3)26(30)38)33-23(37)16-31-27(39)22-13-10-14-35(22)29(41)21(32-19(5)36)15-20-11-8-7-9-12-20/h7-9,11-12,17-18,21-22,24-25H,6,10,13-16H2,1-5H3,(H2,30,38)(H,31,39)(H,32,36)(H,33,37)(H,34,40)/t18-,21-,22-,24-,25-/m0/s1. The van der Waals surface area contributed by atoms with Crippen molar-refractivity contribution >= 4 is 35.4 Å². The Hall–Kier alpha value is -3.96. The van der Waals surface area contributed by atoms with E-state index in [4.69, 9.17) is 5.73 Å². The quantitative estimate of drug-likeness (QED) is 0.209. The lowest BCUT2D eigenvalue weighted by Gasteiger charge is -2.29. The highest BCUT2D eigenvalue weighted by atomic mass is 16.2. The molecule has 0 saturated carbocycles. The number of nitrogens with two attached hydrogens (primary N) is 1. The molecule has 1 aromatic rings. The van der Waals surface area contributed by atoms with E-state index in [2.05, 4.69) is 21.3 Å². The van der Waals surface area contributed by atoms with E-state index in [0.29, 0.717) is 25.8 Å². The van der Waals surface area contributed by atoms with E-state index in [0.717, 1.165) is 5.56 Å². The van der Waals surface area contributed by atoms with Crippen LogP contribution in [0.2, 0.25) is 0 Å². The minimum Gasteiger partial charge on any atom is -0.368 e. The Morgan fingerprint density at radius 1 is 0.976 bits per heavy atom. The highest BCUT2D eigenvalue weighted by Crippen LogP contribution is 2.20. The lowest BCUT2D eigenvalue weighted by molar-refractivity contribution is -0.141. The van der Waals surface area contributed by atoms with Crippen LogP contribution >= 0.6 is 0 Å². The molecular weight excluding hydrogens is 528 g/mol. The summed E-state index contributed by atoms with van der Waals surface area (Å²) in [5, 5.41) is 10.5. The third kappa shape index (κ3) is 9.87. The molecule has 1 fully saturated rings. The summed E-state index contributed by atoms with van der Waals surface area (Å²) >= 11 is 0. The Balaban J connectivity index is 2.03.